The average Bonchev–Trinajstić information content (AvgIpc) is 2.66. The van der Waals surface area contributed by atoms with Crippen LogP contribution in [0.2, 0.25) is 10.0 Å². The minimum atomic E-state index is -0.827. The van der Waals surface area contributed by atoms with Crippen LogP contribution in [0.3, 0.4) is 0 Å². The predicted octanol–water partition coefficient (Wildman–Crippen LogP) is 3.74. The SMILES string of the molecule is C[C@@H](C(=O)Nc1ccccc1Cl)n1ncc(N2CCCCC2)c(Cl)c1=O. The van der Waals surface area contributed by atoms with Gasteiger partial charge in [-0.1, -0.05) is 35.3 Å². The summed E-state index contributed by atoms with van der Waals surface area (Å²) >= 11 is 12.4. The maximum absolute atomic E-state index is 12.6. The molecule has 2 aromatic rings. The second kappa shape index (κ2) is 8.10. The van der Waals surface area contributed by atoms with Gasteiger partial charge in [0, 0.05) is 13.1 Å². The molecule has 0 saturated carbocycles. The number of rotatable bonds is 4. The number of carbonyl (C=O) groups is 1. The highest BCUT2D eigenvalue weighted by Crippen LogP contribution is 2.25. The van der Waals surface area contributed by atoms with Gasteiger partial charge in [-0.2, -0.15) is 5.10 Å². The van der Waals surface area contributed by atoms with E-state index in [1.807, 2.05) is 0 Å². The van der Waals surface area contributed by atoms with E-state index in [0.29, 0.717) is 16.4 Å². The second-order valence-corrected chi connectivity index (χ2v) is 7.07. The van der Waals surface area contributed by atoms with Crippen LogP contribution in [-0.2, 0) is 4.79 Å². The molecule has 26 heavy (non-hydrogen) atoms. The van der Waals surface area contributed by atoms with Crippen LogP contribution < -0.4 is 15.8 Å². The molecule has 0 unspecified atom stereocenters. The van der Waals surface area contributed by atoms with Gasteiger partial charge in [-0.3, -0.25) is 9.59 Å². The van der Waals surface area contributed by atoms with Gasteiger partial charge in [0.2, 0.25) is 5.91 Å². The normalized spacial score (nSPS) is 15.6. The zero-order valence-electron chi connectivity index (χ0n) is 14.4. The van der Waals surface area contributed by atoms with Gasteiger partial charge >= 0.3 is 0 Å². The quantitative estimate of drug-likeness (QED) is 0.857. The number of hydrogen-bond donors (Lipinski definition) is 1. The van der Waals surface area contributed by atoms with E-state index in [9.17, 15) is 9.59 Å². The zero-order valence-corrected chi connectivity index (χ0v) is 15.9. The van der Waals surface area contributed by atoms with Crippen LogP contribution in [0, 0.1) is 0 Å². The average molecular weight is 395 g/mol. The standard InChI is InChI=1S/C18H20Cl2N4O2/c1-12(17(25)22-14-8-4-3-7-13(14)19)24-18(26)16(20)15(11-21-24)23-9-5-2-6-10-23/h3-4,7-8,11-12H,2,5-6,9-10H2,1H3,(H,22,25)/t12-/m0/s1. The molecule has 8 heteroatoms. The third kappa shape index (κ3) is 3.86. The van der Waals surface area contributed by atoms with Crippen LogP contribution >= 0.6 is 23.2 Å². The molecular weight excluding hydrogens is 375 g/mol. The Morgan fingerprint density at radius 1 is 1.19 bits per heavy atom. The first-order chi connectivity index (χ1) is 12.5. The third-order valence-corrected chi connectivity index (χ3v) is 5.18. The lowest BCUT2D eigenvalue weighted by Gasteiger charge is -2.29. The summed E-state index contributed by atoms with van der Waals surface area (Å²) < 4.78 is 1.10. The number of piperidine rings is 1. The molecule has 6 nitrogen and oxygen atoms in total. The molecule has 1 fully saturated rings. The maximum Gasteiger partial charge on any atom is 0.288 e. The van der Waals surface area contributed by atoms with Crippen molar-refractivity contribution in [2.75, 3.05) is 23.3 Å². The van der Waals surface area contributed by atoms with Crippen LogP contribution in [0.15, 0.2) is 35.3 Å². The number of nitrogens with one attached hydrogen (secondary N) is 1. The first kappa shape index (κ1) is 18.7. The minimum absolute atomic E-state index is 0.0966. The van der Waals surface area contributed by atoms with Crippen LogP contribution in [0.4, 0.5) is 11.4 Å². The molecular formula is C18H20Cl2N4O2. The number of nitrogens with zero attached hydrogens (tertiary/aromatic N) is 3. The van der Waals surface area contributed by atoms with Crippen molar-refractivity contribution in [3.05, 3.63) is 50.9 Å². The van der Waals surface area contributed by atoms with E-state index in [2.05, 4.69) is 15.3 Å². The summed E-state index contributed by atoms with van der Waals surface area (Å²) in [6, 6.07) is 6.08. The van der Waals surface area contributed by atoms with E-state index in [1.165, 1.54) is 6.42 Å². The number of amides is 1. The van der Waals surface area contributed by atoms with Gasteiger partial charge in [-0.05, 0) is 38.3 Å². The largest absolute Gasteiger partial charge is 0.369 e. The summed E-state index contributed by atoms with van der Waals surface area (Å²) in [5, 5.41) is 7.41. The molecule has 3 rings (SSSR count). The van der Waals surface area contributed by atoms with E-state index in [4.69, 9.17) is 23.2 Å². The number of carbonyl (C=O) groups excluding carboxylic acids is 1. The minimum Gasteiger partial charge on any atom is -0.369 e. The number of hydrogen-bond acceptors (Lipinski definition) is 4. The monoisotopic (exact) mass is 394 g/mol. The van der Waals surface area contributed by atoms with Crippen LogP contribution in [-0.4, -0.2) is 28.8 Å². The molecule has 1 aliphatic rings. The van der Waals surface area contributed by atoms with E-state index >= 15 is 0 Å². The molecule has 1 aromatic carbocycles. The smallest absolute Gasteiger partial charge is 0.288 e. The zero-order chi connectivity index (χ0) is 18.7. The molecule has 1 atom stereocenters. The molecule has 0 bridgehead atoms. The molecule has 1 aromatic heterocycles. The first-order valence-corrected chi connectivity index (χ1v) is 9.32. The molecule has 138 valence electrons. The van der Waals surface area contributed by atoms with Crippen molar-refractivity contribution in [1.29, 1.82) is 0 Å². The van der Waals surface area contributed by atoms with Gasteiger partial charge in [0.1, 0.15) is 11.1 Å². The van der Waals surface area contributed by atoms with Crippen molar-refractivity contribution in [2.24, 2.45) is 0 Å². The lowest BCUT2D eigenvalue weighted by atomic mass is 10.1. The van der Waals surface area contributed by atoms with Crippen molar-refractivity contribution in [3.8, 4) is 0 Å². The van der Waals surface area contributed by atoms with Gasteiger partial charge in [0.05, 0.1) is 22.6 Å². The van der Waals surface area contributed by atoms with Crippen LogP contribution in [0.5, 0.6) is 0 Å². The Morgan fingerprint density at radius 3 is 2.58 bits per heavy atom. The molecule has 1 saturated heterocycles. The van der Waals surface area contributed by atoms with E-state index in [1.54, 1.807) is 37.4 Å². The van der Waals surface area contributed by atoms with Crippen molar-refractivity contribution in [2.45, 2.75) is 32.2 Å². The Bertz CT molecular complexity index is 863. The Labute approximate surface area is 161 Å². The first-order valence-electron chi connectivity index (χ1n) is 8.56. The third-order valence-electron chi connectivity index (χ3n) is 4.50. The van der Waals surface area contributed by atoms with Gasteiger partial charge in [0.25, 0.3) is 5.56 Å². The second-order valence-electron chi connectivity index (χ2n) is 6.29. The fourth-order valence-electron chi connectivity index (χ4n) is 2.98. The van der Waals surface area contributed by atoms with Gasteiger partial charge in [-0.15, -0.1) is 0 Å². The predicted molar refractivity (Wildman–Crippen MR) is 104 cm³/mol. The lowest BCUT2D eigenvalue weighted by Crippen LogP contribution is -2.36. The van der Waals surface area contributed by atoms with Crippen molar-refractivity contribution < 1.29 is 4.79 Å². The number of anilines is 2. The van der Waals surface area contributed by atoms with Crippen molar-refractivity contribution in [3.63, 3.8) is 0 Å². The van der Waals surface area contributed by atoms with E-state index < -0.39 is 17.5 Å². The molecule has 0 spiro atoms. The highest BCUT2D eigenvalue weighted by atomic mass is 35.5. The van der Waals surface area contributed by atoms with Gasteiger partial charge in [0.15, 0.2) is 0 Å². The summed E-state index contributed by atoms with van der Waals surface area (Å²) in [4.78, 5) is 27.2. The summed E-state index contributed by atoms with van der Waals surface area (Å²) in [7, 11) is 0. The Hall–Kier alpha value is -2.05. The van der Waals surface area contributed by atoms with Gasteiger partial charge in [-0.25, -0.2) is 4.68 Å². The van der Waals surface area contributed by atoms with Gasteiger partial charge < -0.3 is 10.2 Å². The van der Waals surface area contributed by atoms with E-state index in [-0.39, 0.29) is 5.02 Å². The summed E-state index contributed by atoms with van der Waals surface area (Å²) in [5.74, 6) is -0.394. The number of benzene rings is 1. The number of aromatic nitrogens is 2. The van der Waals surface area contributed by atoms with Crippen LogP contribution in [0.25, 0.3) is 0 Å². The molecule has 1 aliphatic heterocycles. The Morgan fingerprint density at radius 2 is 1.88 bits per heavy atom. The van der Waals surface area contributed by atoms with E-state index in [0.717, 1.165) is 30.6 Å². The Balaban J connectivity index is 1.82. The fraction of sp³-hybridized carbons (Fsp3) is 0.389. The fourth-order valence-corrected chi connectivity index (χ4v) is 3.42. The van der Waals surface area contributed by atoms with Crippen LogP contribution in [0.1, 0.15) is 32.2 Å². The molecule has 0 radical (unpaired) electrons. The highest BCUT2D eigenvalue weighted by molar-refractivity contribution is 6.33. The number of halogens is 2. The van der Waals surface area contributed by atoms with Crippen molar-refractivity contribution in [1.82, 2.24) is 9.78 Å². The van der Waals surface area contributed by atoms with Crippen molar-refractivity contribution >= 4 is 40.5 Å². The summed E-state index contributed by atoms with van der Waals surface area (Å²) in [6.07, 6.45) is 4.87. The molecule has 1 amide bonds. The molecule has 0 aliphatic carbocycles. The highest BCUT2D eigenvalue weighted by Gasteiger charge is 2.23. The summed E-state index contributed by atoms with van der Waals surface area (Å²) in [5.41, 5.74) is 0.637. The maximum atomic E-state index is 12.6. The topological polar surface area (TPSA) is 67.2 Å². The molecule has 2 heterocycles. The lowest BCUT2D eigenvalue weighted by molar-refractivity contribution is -0.119. The summed E-state index contributed by atoms with van der Waals surface area (Å²) in [6.45, 7) is 3.30. The Kier molecular flexibility index (Phi) is 5.84. The molecule has 1 N–H and O–H groups in total. The number of para-hydroxylation sites is 1.